The number of carbonyl (C=O) groups is 1. The molecule has 2 aromatic carbocycles. The third kappa shape index (κ3) is 5.77. The Hall–Kier alpha value is -1.94. The molecule has 4 heteroatoms. The Morgan fingerprint density at radius 2 is 1.59 bits per heavy atom. The summed E-state index contributed by atoms with van der Waals surface area (Å²) in [7, 11) is 0. The molecule has 1 heterocycles. The lowest BCUT2D eigenvalue weighted by molar-refractivity contribution is -0.113. The Labute approximate surface area is 167 Å². The predicted octanol–water partition coefficient (Wildman–Crippen LogP) is 5.71. The van der Waals surface area contributed by atoms with Gasteiger partial charge in [-0.15, -0.1) is 11.8 Å². The van der Waals surface area contributed by atoms with Gasteiger partial charge in [-0.3, -0.25) is 4.79 Å². The van der Waals surface area contributed by atoms with Gasteiger partial charge < -0.3 is 10.2 Å². The third-order valence-corrected chi connectivity index (χ3v) is 5.97. The Kier molecular flexibility index (Phi) is 6.48. The Morgan fingerprint density at radius 3 is 2.19 bits per heavy atom. The van der Waals surface area contributed by atoms with Crippen molar-refractivity contribution >= 4 is 29.0 Å². The predicted molar refractivity (Wildman–Crippen MR) is 117 cm³/mol. The maximum Gasteiger partial charge on any atom is 0.234 e. The first-order valence-electron chi connectivity index (χ1n) is 9.80. The van der Waals surface area contributed by atoms with E-state index in [9.17, 15) is 4.79 Å². The quantitative estimate of drug-likeness (QED) is 0.673. The van der Waals surface area contributed by atoms with Crippen LogP contribution in [0.5, 0.6) is 0 Å². The average molecular weight is 383 g/mol. The number of amides is 1. The highest BCUT2D eigenvalue weighted by Gasteiger charge is 2.13. The summed E-state index contributed by atoms with van der Waals surface area (Å²) in [6.07, 6.45) is 3.88. The lowest BCUT2D eigenvalue weighted by Gasteiger charge is -2.28. The van der Waals surface area contributed by atoms with Crippen molar-refractivity contribution in [2.45, 2.75) is 50.3 Å². The number of hydrogen-bond donors (Lipinski definition) is 1. The van der Waals surface area contributed by atoms with E-state index in [0.29, 0.717) is 5.75 Å². The molecule has 3 rings (SSSR count). The highest BCUT2D eigenvalue weighted by atomic mass is 32.2. The summed E-state index contributed by atoms with van der Waals surface area (Å²) in [4.78, 5) is 15.8. The SMILES string of the molecule is CC(C)(C)c1ccc(SCC(=O)Nc2ccc(N3CCCCC3)cc2)cc1. The van der Waals surface area contributed by atoms with Crippen LogP contribution < -0.4 is 10.2 Å². The summed E-state index contributed by atoms with van der Waals surface area (Å²) in [5.74, 6) is 0.452. The minimum Gasteiger partial charge on any atom is -0.372 e. The molecule has 0 unspecified atom stereocenters. The van der Waals surface area contributed by atoms with Crippen molar-refractivity contribution in [1.82, 2.24) is 0 Å². The molecule has 144 valence electrons. The van der Waals surface area contributed by atoms with Crippen LogP contribution in [0.25, 0.3) is 0 Å². The molecule has 2 aromatic rings. The summed E-state index contributed by atoms with van der Waals surface area (Å²) in [6.45, 7) is 8.89. The standard InChI is InChI=1S/C23H30N2OS/c1-23(2,3)18-7-13-21(14-8-18)27-17-22(26)24-19-9-11-20(12-10-19)25-15-5-4-6-16-25/h7-14H,4-6,15-17H2,1-3H3,(H,24,26). The second kappa shape index (κ2) is 8.83. The van der Waals surface area contributed by atoms with Gasteiger partial charge in [-0.2, -0.15) is 0 Å². The Balaban J connectivity index is 1.49. The summed E-state index contributed by atoms with van der Waals surface area (Å²) in [6, 6.07) is 16.7. The fourth-order valence-electron chi connectivity index (χ4n) is 3.30. The van der Waals surface area contributed by atoms with Crippen LogP contribution >= 0.6 is 11.8 Å². The molecule has 0 spiro atoms. The van der Waals surface area contributed by atoms with Gasteiger partial charge in [0.25, 0.3) is 0 Å². The van der Waals surface area contributed by atoms with Gasteiger partial charge in [0.05, 0.1) is 5.75 Å². The number of rotatable bonds is 5. The molecule has 1 aliphatic rings. The fourth-order valence-corrected chi connectivity index (χ4v) is 4.00. The van der Waals surface area contributed by atoms with Gasteiger partial charge in [0.2, 0.25) is 5.91 Å². The van der Waals surface area contributed by atoms with Crippen molar-refractivity contribution in [2.75, 3.05) is 29.1 Å². The van der Waals surface area contributed by atoms with E-state index in [2.05, 4.69) is 67.4 Å². The zero-order valence-electron chi connectivity index (χ0n) is 16.6. The number of nitrogens with zero attached hydrogens (tertiary/aromatic N) is 1. The zero-order chi connectivity index (χ0) is 19.3. The molecule has 0 aliphatic carbocycles. The van der Waals surface area contributed by atoms with Crippen LogP contribution in [0.15, 0.2) is 53.4 Å². The van der Waals surface area contributed by atoms with Crippen LogP contribution in [0.3, 0.4) is 0 Å². The first kappa shape index (κ1) is 19.8. The van der Waals surface area contributed by atoms with E-state index in [4.69, 9.17) is 0 Å². The number of piperidine rings is 1. The first-order valence-corrected chi connectivity index (χ1v) is 10.8. The zero-order valence-corrected chi connectivity index (χ0v) is 17.4. The van der Waals surface area contributed by atoms with Crippen LogP contribution in [-0.2, 0) is 10.2 Å². The van der Waals surface area contributed by atoms with Crippen LogP contribution in [0.2, 0.25) is 0 Å². The molecule has 1 N–H and O–H groups in total. The Bertz CT molecular complexity index is 741. The molecule has 0 radical (unpaired) electrons. The van der Waals surface area contributed by atoms with E-state index in [1.54, 1.807) is 11.8 Å². The van der Waals surface area contributed by atoms with Gasteiger partial charge in [0.15, 0.2) is 0 Å². The minimum absolute atomic E-state index is 0.0330. The summed E-state index contributed by atoms with van der Waals surface area (Å²) < 4.78 is 0. The van der Waals surface area contributed by atoms with Crippen molar-refractivity contribution in [3.8, 4) is 0 Å². The van der Waals surface area contributed by atoms with Crippen LogP contribution in [0.4, 0.5) is 11.4 Å². The lowest BCUT2D eigenvalue weighted by atomic mass is 9.87. The normalized spacial score (nSPS) is 14.9. The van der Waals surface area contributed by atoms with E-state index >= 15 is 0 Å². The molecular formula is C23H30N2OS. The van der Waals surface area contributed by atoms with Gasteiger partial charge >= 0.3 is 0 Å². The van der Waals surface area contributed by atoms with E-state index in [1.807, 2.05) is 12.1 Å². The van der Waals surface area contributed by atoms with E-state index in [0.717, 1.165) is 23.7 Å². The maximum atomic E-state index is 12.3. The molecule has 3 nitrogen and oxygen atoms in total. The smallest absolute Gasteiger partial charge is 0.234 e. The van der Waals surface area contributed by atoms with Crippen molar-refractivity contribution in [3.05, 3.63) is 54.1 Å². The number of carbonyl (C=O) groups excluding carboxylic acids is 1. The van der Waals surface area contributed by atoms with Crippen LogP contribution in [0.1, 0.15) is 45.6 Å². The minimum atomic E-state index is 0.0330. The van der Waals surface area contributed by atoms with Crippen molar-refractivity contribution < 1.29 is 4.79 Å². The number of benzene rings is 2. The van der Waals surface area contributed by atoms with Gasteiger partial charge in [0, 0.05) is 29.4 Å². The molecule has 1 aliphatic heterocycles. The fraction of sp³-hybridized carbons (Fsp3) is 0.435. The summed E-state index contributed by atoms with van der Waals surface area (Å²) >= 11 is 1.57. The average Bonchev–Trinajstić information content (AvgIpc) is 2.67. The van der Waals surface area contributed by atoms with Gasteiger partial charge in [0.1, 0.15) is 0 Å². The van der Waals surface area contributed by atoms with E-state index in [1.165, 1.54) is 30.5 Å². The number of nitrogens with one attached hydrogen (secondary N) is 1. The highest BCUT2D eigenvalue weighted by Crippen LogP contribution is 2.26. The molecule has 1 saturated heterocycles. The van der Waals surface area contributed by atoms with Crippen molar-refractivity contribution in [1.29, 1.82) is 0 Å². The topological polar surface area (TPSA) is 32.3 Å². The van der Waals surface area contributed by atoms with Gasteiger partial charge in [-0.25, -0.2) is 0 Å². The molecule has 0 bridgehead atoms. The molecule has 27 heavy (non-hydrogen) atoms. The molecule has 1 amide bonds. The number of hydrogen-bond acceptors (Lipinski definition) is 3. The van der Waals surface area contributed by atoms with Gasteiger partial charge in [-0.05, 0) is 66.6 Å². The summed E-state index contributed by atoms with van der Waals surface area (Å²) in [5, 5.41) is 3.00. The molecule has 1 fully saturated rings. The number of thioether (sulfide) groups is 1. The Morgan fingerprint density at radius 1 is 0.963 bits per heavy atom. The highest BCUT2D eigenvalue weighted by molar-refractivity contribution is 8.00. The van der Waals surface area contributed by atoms with E-state index in [-0.39, 0.29) is 11.3 Å². The first-order chi connectivity index (χ1) is 12.9. The van der Waals surface area contributed by atoms with Crippen molar-refractivity contribution in [3.63, 3.8) is 0 Å². The second-order valence-corrected chi connectivity index (χ2v) is 9.25. The van der Waals surface area contributed by atoms with Crippen LogP contribution in [0, 0.1) is 0 Å². The largest absolute Gasteiger partial charge is 0.372 e. The lowest BCUT2D eigenvalue weighted by Crippen LogP contribution is -2.29. The van der Waals surface area contributed by atoms with Gasteiger partial charge in [-0.1, -0.05) is 32.9 Å². The van der Waals surface area contributed by atoms with E-state index < -0.39 is 0 Å². The van der Waals surface area contributed by atoms with Crippen LogP contribution in [-0.4, -0.2) is 24.7 Å². The summed E-state index contributed by atoms with van der Waals surface area (Å²) in [5.41, 5.74) is 3.58. The number of anilines is 2. The molecule has 0 saturated carbocycles. The monoisotopic (exact) mass is 382 g/mol. The molecule has 0 atom stereocenters. The second-order valence-electron chi connectivity index (χ2n) is 8.21. The molecular weight excluding hydrogens is 352 g/mol. The molecule has 0 aromatic heterocycles. The third-order valence-electron chi connectivity index (χ3n) is 4.96. The van der Waals surface area contributed by atoms with Crippen molar-refractivity contribution in [2.24, 2.45) is 0 Å². The maximum absolute atomic E-state index is 12.3.